The van der Waals surface area contributed by atoms with Gasteiger partial charge in [-0.05, 0) is 18.9 Å². The first-order valence-corrected chi connectivity index (χ1v) is 22.1. The molecule has 8 unspecified atom stereocenters. The van der Waals surface area contributed by atoms with Crippen molar-refractivity contribution >= 4 is 23.7 Å². The lowest BCUT2D eigenvalue weighted by molar-refractivity contribution is -0.391. The maximum atomic E-state index is 13.0. The third-order valence-electron chi connectivity index (χ3n) is 12.0. The first-order valence-electron chi connectivity index (χ1n) is 22.1. The molecule has 31 heteroatoms. The molecule has 4 aliphatic rings. The van der Waals surface area contributed by atoms with Gasteiger partial charge in [-0.15, -0.1) is 0 Å². The minimum Gasteiger partial charge on any atom is -0.477 e. The Hall–Kier alpha value is -3.61. The molecule has 0 bridgehead atoms. The molecule has 0 saturated carbocycles. The van der Waals surface area contributed by atoms with E-state index in [-0.39, 0.29) is 19.6 Å². The second-order valence-electron chi connectivity index (χ2n) is 17.5. The molecular formula is C39H66N6O25. The minimum atomic E-state index is -3.13. The van der Waals surface area contributed by atoms with E-state index in [1.54, 1.807) is 0 Å². The average Bonchev–Trinajstić information content (AvgIpc) is 3.29. The van der Waals surface area contributed by atoms with Crippen molar-refractivity contribution in [2.45, 2.75) is 181 Å². The van der Waals surface area contributed by atoms with Crippen molar-refractivity contribution in [2.24, 2.45) is 5.11 Å². The van der Waals surface area contributed by atoms with Crippen molar-refractivity contribution in [3.05, 3.63) is 10.4 Å². The standard InChI is InChI=1S/C39H66N6O25/c1-14(49)41-10-19(54)25(55)32-24(44-16(3)51)18(53)9-39(70-32,37(61)62)67-21(12-47)27(57)33-23(43-15(2)50)17(52)8-38(4,68-33)69-34-26(56)20(11-46)64-36(30(34)60)66-31-22(13-48)65-35(29(59)28(31)58)63-7-5-6-42-45-40/h17-36,46-48,52-60H,5-13H2,1-4H3,(H,41,49)(H,43,50)(H,44,51)(H,61,62)/t17?,18?,19-,20?,21-,22?,23-,24-,25-,26+,27-,28-,29?,30?,31-,32?,33?,34+,35-,36+,38-,39-/m1/s1. The number of rotatable bonds is 23. The van der Waals surface area contributed by atoms with Gasteiger partial charge >= 0.3 is 5.97 Å². The number of nitrogens with zero attached hydrogens (tertiary/aromatic N) is 3. The second-order valence-corrected chi connectivity index (χ2v) is 17.5. The number of carboxylic acids is 1. The summed E-state index contributed by atoms with van der Waals surface area (Å²) in [7, 11) is 0. The number of azide groups is 1. The van der Waals surface area contributed by atoms with E-state index in [1.165, 1.54) is 0 Å². The van der Waals surface area contributed by atoms with Crippen LogP contribution in [0.1, 0.15) is 47.0 Å². The maximum Gasteiger partial charge on any atom is 0.364 e. The minimum absolute atomic E-state index is 0.0369. The number of hydrogen-bond donors (Lipinski definition) is 16. The van der Waals surface area contributed by atoms with E-state index >= 15 is 0 Å². The largest absolute Gasteiger partial charge is 0.477 e. The summed E-state index contributed by atoms with van der Waals surface area (Å²) < 4.78 is 46.0. The predicted molar refractivity (Wildman–Crippen MR) is 223 cm³/mol. The molecule has 70 heavy (non-hydrogen) atoms. The van der Waals surface area contributed by atoms with Gasteiger partial charge in [-0.3, -0.25) is 14.4 Å². The second kappa shape index (κ2) is 25.9. The zero-order chi connectivity index (χ0) is 52.4. The van der Waals surface area contributed by atoms with Gasteiger partial charge in [0, 0.05) is 58.2 Å². The summed E-state index contributed by atoms with van der Waals surface area (Å²) in [5, 5.41) is 153. The summed E-state index contributed by atoms with van der Waals surface area (Å²) in [6, 6.07) is -3.26. The van der Waals surface area contributed by atoms with E-state index in [0.717, 1.165) is 27.7 Å². The molecule has 0 aromatic rings. The van der Waals surface area contributed by atoms with E-state index in [0.29, 0.717) is 0 Å². The lowest BCUT2D eigenvalue weighted by Crippen LogP contribution is -2.70. The molecule has 0 aliphatic carbocycles. The number of amides is 3. The van der Waals surface area contributed by atoms with E-state index in [2.05, 4.69) is 26.0 Å². The van der Waals surface area contributed by atoms with Crippen molar-refractivity contribution in [3.63, 3.8) is 0 Å². The van der Waals surface area contributed by atoms with Crippen molar-refractivity contribution in [1.29, 1.82) is 0 Å². The van der Waals surface area contributed by atoms with Crippen LogP contribution in [0.4, 0.5) is 0 Å². The molecule has 3 amide bonds. The fourth-order valence-corrected chi connectivity index (χ4v) is 8.57. The van der Waals surface area contributed by atoms with Crippen LogP contribution in [0.5, 0.6) is 0 Å². The Morgan fingerprint density at radius 3 is 1.90 bits per heavy atom. The first-order chi connectivity index (χ1) is 32.9. The lowest BCUT2D eigenvalue weighted by atomic mass is 9.87. The smallest absolute Gasteiger partial charge is 0.364 e. The van der Waals surface area contributed by atoms with Crippen LogP contribution in [0.3, 0.4) is 0 Å². The molecule has 0 aromatic heterocycles. The highest BCUT2D eigenvalue weighted by Crippen LogP contribution is 2.40. The Morgan fingerprint density at radius 1 is 0.771 bits per heavy atom. The number of nitrogens with one attached hydrogen (secondary N) is 3. The topological polar surface area (TPSA) is 490 Å². The summed E-state index contributed by atoms with van der Waals surface area (Å²) >= 11 is 0. The van der Waals surface area contributed by atoms with Crippen LogP contribution < -0.4 is 16.0 Å². The van der Waals surface area contributed by atoms with Crippen LogP contribution in [-0.2, 0) is 57.1 Å². The maximum absolute atomic E-state index is 13.0. The van der Waals surface area contributed by atoms with E-state index in [1.807, 2.05) is 0 Å². The van der Waals surface area contributed by atoms with Gasteiger partial charge in [0.25, 0.3) is 5.79 Å². The van der Waals surface area contributed by atoms with Crippen molar-refractivity contribution in [1.82, 2.24) is 16.0 Å². The Bertz CT molecular complexity index is 1790. The monoisotopic (exact) mass is 1020 g/mol. The van der Waals surface area contributed by atoms with Gasteiger partial charge in [0.1, 0.15) is 79.4 Å². The molecule has 4 aliphatic heterocycles. The van der Waals surface area contributed by atoms with Gasteiger partial charge in [-0.2, -0.15) is 0 Å². The zero-order valence-electron chi connectivity index (χ0n) is 38.5. The number of carboxylic acid groups (broad SMARTS) is 1. The number of aliphatic hydroxyl groups is 12. The molecule has 402 valence electrons. The van der Waals surface area contributed by atoms with Gasteiger partial charge in [-0.25, -0.2) is 4.79 Å². The fraction of sp³-hybridized carbons (Fsp3) is 0.897. The Labute approximate surface area is 398 Å². The fourth-order valence-electron chi connectivity index (χ4n) is 8.57. The van der Waals surface area contributed by atoms with Gasteiger partial charge < -0.3 is 120 Å². The third-order valence-corrected chi connectivity index (χ3v) is 12.0. The van der Waals surface area contributed by atoms with Crippen LogP contribution in [0.25, 0.3) is 10.4 Å². The van der Waals surface area contributed by atoms with Crippen LogP contribution in [0, 0.1) is 0 Å². The molecule has 31 nitrogen and oxygen atoms in total. The number of aliphatic hydroxyl groups excluding tert-OH is 12. The van der Waals surface area contributed by atoms with E-state index in [9.17, 15) is 85.6 Å². The van der Waals surface area contributed by atoms with Crippen molar-refractivity contribution < 1.29 is 123 Å². The summed E-state index contributed by atoms with van der Waals surface area (Å²) in [6.07, 6.45) is -35.9. The van der Waals surface area contributed by atoms with Crippen LogP contribution in [-0.4, -0.2) is 263 Å². The number of hydrogen-bond acceptors (Lipinski definition) is 25. The Kier molecular flexibility index (Phi) is 21.8. The SMILES string of the molecule is CC(=O)NC[C@@H](O)[C@@H](O)C1O[C@@](O[C@H](CO)[C@@H](O)C2O[C@](C)(O[C@@H]3C(O)[C@H](O[C@@H]4C(CO)O[C@@H](OCCCN=[N+]=[N-])C(O)[C@H]4O)OC(CO)[C@@H]3O)CC(O)[C@H]2NC(C)=O)(C(=O)O)CC(O)[C@H]1NC(C)=O. The van der Waals surface area contributed by atoms with Gasteiger partial charge in [0.2, 0.25) is 17.7 Å². The molecule has 16 N–H and O–H groups in total. The van der Waals surface area contributed by atoms with Gasteiger partial charge in [-0.1, -0.05) is 5.11 Å². The molecular weight excluding hydrogens is 952 g/mol. The highest BCUT2D eigenvalue weighted by Gasteiger charge is 2.60. The molecule has 0 radical (unpaired) electrons. The number of ether oxygens (including phenoxy) is 8. The summed E-state index contributed by atoms with van der Waals surface area (Å²) in [5.41, 5.74) is 8.46. The first kappa shape index (κ1) is 59.0. The van der Waals surface area contributed by atoms with E-state index in [4.69, 9.17) is 43.4 Å². The van der Waals surface area contributed by atoms with Crippen LogP contribution in [0.2, 0.25) is 0 Å². The zero-order valence-corrected chi connectivity index (χ0v) is 38.5. The predicted octanol–water partition coefficient (Wildman–Crippen LogP) is -8.25. The molecule has 4 rings (SSSR count). The average molecular weight is 1020 g/mol. The number of carbonyl (C=O) groups excluding carboxylic acids is 3. The lowest BCUT2D eigenvalue weighted by Gasteiger charge is -2.52. The molecule has 4 heterocycles. The normalized spacial score (nSPS) is 39.6. The Morgan fingerprint density at radius 2 is 1.36 bits per heavy atom. The third kappa shape index (κ3) is 14.3. The van der Waals surface area contributed by atoms with Crippen molar-refractivity contribution in [3.8, 4) is 0 Å². The quantitative estimate of drug-likeness (QED) is 0.0196. The highest BCUT2D eigenvalue weighted by molar-refractivity contribution is 5.77. The van der Waals surface area contributed by atoms with Crippen molar-refractivity contribution in [2.75, 3.05) is 39.5 Å². The van der Waals surface area contributed by atoms with Crippen LogP contribution >= 0.6 is 0 Å². The Balaban J connectivity index is 1.62. The van der Waals surface area contributed by atoms with Gasteiger partial charge in [0.15, 0.2) is 18.4 Å². The summed E-state index contributed by atoms with van der Waals surface area (Å²) in [6.45, 7) is 0.465. The molecule has 4 saturated heterocycles. The number of aliphatic carboxylic acids is 1. The summed E-state index contributed by atoms with van der Waals surface area (Å²) in [4.78, 5) is 51.7. The number of carbonyl (C=O) groups is 4. The van der Waals surface area contributed by atoms with Crippen LogP contribution in [0.15, 0.2) is 5.11 Å². The summed E-state index contributed by atoms with van der Waals surface area (Å²) in [5.74, 6) is -9.67. The molecule has 22 atom stereocenters. The molecule has 4 fully saturated rings. The van der Waals surface area contributed by atoms with E-state index < -0.39 is 197 Å². The molecule has 0 spiro atoms. The van der Waals surface area contributed by atoms with Gasteiger partial charge in [0.05, 0.1) is 50.2 Å². The highest BCUT2D eigenvalue weighted by atomic mass is 16.8. The molecule has 0 aromatic carbocycles.